The van der Waals surface area contributed by atoms with Gasteiger partial charge in [0, 0.05) is 13.1 Å². The van der Waals surface area contributed by atoms with Crippen LogP contribution in [0, 0.1) is 5.41 Å². The van der Waals surface area contributed by atoms with Gasteiger partial charge in [0.1, 0.15) is 18.7 Å². The molecule has 0 spiro atoms. The highest BCUT2D eigenvalue weighted by molar-refractivity contribution is 5.81. The lowest BCUT2D eigenvalue weighted by Crippen LogP contribution is -2.48. The van der Waals surface area contributed by atoms with Gasteiger partial charge in [0.05, 0.1) is 5.41 Å². The van der Waals surface area contributed by atoms with Crippen molar-refractivity contribution in [2.24, 2.45) is 5.41 Å². The number of amides is 1. The molecule has 21 heavy (non-hydrogen) atoms. The standard InChI is InChI=1S/C14H22N4O3/c1-3-4-14(13(20)21)5-7-17(8-6-14)12(19)11(2)18-10-15-9-16-18/h9-11H,3-8H2,1-2H3,(H,20,21). The Hall–Kier alpha value is -1.92. The number of piperidine rings is 1. The van der Waals surface area contributed by atoms with Gasteiger partial charge in [0.2, 0.25) is 5.91 Å². The molecule has 0 aliphatic carbocycles. The van der Waals surface area contributed by atoms with E-state index < -0.39 is 17.4 Å². The van der Waals surface area contributed by atoms with Gasteiger partial charge < -0.3 is 10.0 Å². The van der Waals surface area contributed by atoms with Gasteiger partial charge >= 0.3 is 5.97 Å². The predicted octanol–water partition coefficient (Wildman–Crippen LogP) is 1.33. The van der Waals surface area contributed by atoms with Crippen molar-refractivity contribution in [1.29, 1.82) is 0 Å². The number of rotatable bonds is 5. The third-order valence-corrected chi connectivity index (χ3v) is 4.41. The lowest BCUT2D eigenvalue weighted by atomic mass is 9.75. The van der Waals surface area contributed by atoms with Crippen LogP contribution in [0.1, 0.15) is 45.6 Å². The Morgan fingerprint density at radius 1 is 1.38 bits per heavy atom. The summed E-state index contributed by atoms with van der Waals surface area (Å²) in [5, 5.41) is 13.5. The number of likely N-dealkylation sites (tertiary alicyclic amines) is 1. The first kappa shape index (κ1) is 15.5. The molecule has 1 amide bonds. The van der Waals surface area contributed by atoms with Crippen LogP contribution in [0.15, 0.2) is 12.7 Å². The van der Waals surface area contributed by atoms with Crippen molar-refractivity contribution in [3.05, 3.63) is 12.7 Å². The molecule has 1 aliphatic heterocycles. The van der Waals surface area contributed by atoms with Crippen molar-refractivity contribution in [2.75, 3.05) is 13.1 Å². The summed E-state index contributed by atoms with van der Waals surface area (Å²) in [6, 6.07) is -0.406. The molecule has 1 fully saturated rings. The molecule has 0 aromatic carbocycles. The highest BCUT2D eigenvalue weighted by Gasteiger charge is 2.42. The van der Waals surface area contributed by atoms with E-state index >= 15 is 0 Å². The fourth-order valence-electron chi connectivity index (χ4n) is 3.00. The number of hydrogen-bond donors (Lipinski definition) is 1. The number of carboxylic acid groups (broad SMARTS) is 1. The van der Waals surface area contributed by atoms with E-state index in [1.54, 1.807) is 11.8 Å². The molecule has 7 heteroatoms. The molecule has 0 bridgehead atoms. The molecular weight excluding hydrogens is 272 g/mol. The van der Waals surface area contributed by atoms with Crippen molar-refractivity contribution in [3.8, 4) is 0 Å². The maximum atomic E-state index is 12.4. The van der Waals surface area contributed by atoms with Crippen LogP contribution in [0.5, 0.6) is 0 Å². The molecule has 1 atom stereocenters. The minimum atomic E-state index is -0.735. The van der Waals surface area contributed by atoms with E-state index in [9.17, 15) is 14.7 Å². The number of aromatic nitrogens is 3. The summed E-state index contributed by atoms with van der Waals surface area (Å²) in [6.45, 7) is 4.76. The predicted molar refractivity (Wildman–Crippen MR) is 75.5 cm³/mol. The zero-order chi connectivity index (χ0) is 15.5. The Morgan fingerprint density at radius 3 is 2.52 bits per heavy atom. The molecular formula is C14H22N4O3. The van der Waals surface area contributed by atoms with Gasteiger partial charge in [0.25, 0.3) is 0 Å². The molecule has 0 saturated carbocycles. The number of nitrogens with zero attached hydrogens (tertiary/aromatic N) is 4. The lowest BCUT2D eigenvalue weighted by Gasteiger charge is -2.39. The van der Waals surface area contributed by atoms with Crippen LogP contribution >= 0.6 is 0 Å². The molecule has 1 aromatic heterocycles. The quantitative estimate of drug-likeness (QED) is 0.885. The van der Waals surface area contributed by atoms with Gasteiger partial charge in [-0.15, -0.1) is 0 Å². The van der Waals surface area contributed by atoms with Crippen molar-refractivity contribution in [3.63, 3.8) is 0 Å². The van der Waals surface area contributed by atoms with Crippen molar-refractivity contribution >= 4 is 11.9 Å². The van der Waals surface area contributed by atoms with Gasteiger partial charge in [0.15, 0.2) is 0 Å². The minimum absolute atomic E-state index is 0.0315. The van der Waals surface area contributed by atoms with Gasteiger partial charge in [-0.1, -0.05) is 13.3 Å². The van der Waals surface area contributed by atoms with Gasteiger partial charge in [-0.2, -0.15) is 5.10 Å². The summed E-state index contributed by atoms with van der Waals surface area (Å²) < 4.78 is 1.52. The van der Waals surface area contributed by atoms with Crippen LogP contribution in [0.4, 0.5) is 0 Å². The monoisotopic (exact) mass is 294 g/mol. The molecule has 1 aromatic rings. The second-order valence-electron chi connectivity index (χ2n) is 5.71. The summed E-state index contributed by atoms with van der Waals surface area (Å²) >= 11 is 0. The molecule has 7 nitrogen and oxygen atoms in total. The second kappa shape index (κ2) is 6.24. The highest BCUT2D eigenvalue weighted by atomic mass is 16.4. The molecule has 1 N–H and O–H groups in total. The topological polar surface area (TPSA) is 88.3 Å². The van der Waals surface area contributed by atoms with E-state index in [1.807, 2.05) is 6.92 Å². The van der Waals surface area contributed by atoms with Gasteiger partial charge in [-0.25, -0.2) is 9.67 Å². The Bertz CT molecular complexity index is 492. The number of aliphatic carboxylic acids is 1. The summed E-state index contributed by atoms with van der Waals surface area (Å²) in [4.78, 5) is 29.5. The molecule has 2 heterocycles. The van der Waals surface area contributed by atoms with E-state index in [4.69, 9.17) is 0 Å². The Labute approximate surface area is 124 Å². The first-order valence-corrected chi connectivity index (χ1v) is 7.36. The fraction of sp³-hybridized carbons (Fsp3) is 0.714. The van der Waals surface area contributed by atoms with Gasteiger partial charge in [-0.3, -0.25) is 9.59 Å². The summed E-state index contributed by atoms with van der Waals surface area (Å²) in [6.07, 6.45) is 5.47. The van der Waals surface area contributed by atoms with Crippen LogP contribution in [-0.2, 0) is 9.59 Å². The maximum Gasteiger partial charge on any atom is 0.309 e. The fourth-order valence-corrected chi connectivity index (χ4v) is 3.00. The van der Waals surface area contributed by atoms with Crippen molar-refractivity contribution < 1.29 is 14.7 Å². The Morgan fingerprint density at radius 2 is 2.05 bits per heavy atom. The van der Waals surface area contributed by atoms with Crippen molar-refractivity contribution in [1.82, 2.24) is 19.7 Å². The number of carbonyl (C=O) groups excluding carboxylic acids is 1. The van der Waals surface area contributed by atoms with Crippen LogP contribution < -0.4 is 0 Å². The van der Waals surface area contributed by atoms with Crippen LogP contribution in [0.3, 0.4) is 0 Å². The lowest BCUT2D eigenvalue weighted by molar-refractivity contribution is -0.155. The molecule has 116 valence electrons. The van der Waals surface area contributed by atoms with Crippen LogP contribution in [0.2, 0.25) is 0 Å². The van der Waals surface area contributed by atoms with Crippen LogP contribution in [0.25, 0.3) is 0 Å². The van der Waals surface area contributed by atoms with E-state index in [0.29, 0.717) is 32.4 Å². The highest BCUT2D eigenvalue weighted by Crippen LogP contribution is 2.36. The van der Waals surface area contributed by atoms with E-state index in [-0.39, 0.29) is 5.91 Å². The summed E-state index contributed by atoms with van der Waals surface area (Å²) in [5.41, 5.74) is -0.665. The molecule has 0 radical (unpaired) electrons. The average molecular weight is 294 g/mol. The van der Waals surface area contributed by atoms with Crippen molar-refractivity contribution in [2.45, 2.75) is 45.6 Å². The van der Waals surface area contributed by atoms with E-state index in [2.05, 4.69) is 10.1 Å². The Balaban J connectivity index is 2.00. The zero-order valence-electron chi connectivity index (χ0n) is 12.5. The van der Waals surface area contributed by atoms with Crippen LogP contribution in [-0.4, -0.2) is 49.7 Å². The minimum Gasteiger partial charge on any atom is -0.481 e. The smallest absolute Gasteiger partial charge is 0.309 e. The van der Waals surface area contributed by atoms with E-state index in [0.717, 1.165) is 6.42 Å². The summed E-state index contributed by atoms with van der Waals surface area (Å²) in [5.74, 6) is -0.767. The largest absolute Gasteiger partial charge is 0.481 e. The first-order chi connectivity index (χ1) is 10.00. The number of carbonyl (C=O) groups is 2. The number of hydrogen-bond acceptors (Lipinski definition) is 4. The first-order valence-electron chi connectivity index (χ1n) is 7.36. The third kappa shape index (κ3) is 3.06. The molecule has 2 rings (SSSR count). The second-order valence-corrected chi connectivity index (χ2v) is 5.71. The van der Waals surface area contributed by atoms with E-state index in [1.165, 1.54) is 17.3 Å². The van der Waals surface area contributed by atoms with Gasteiger partial charge in [-0.05, 0) is 26.2 Å². The summed E-state index contributed by atoms with van der Waals surface area (Å²) in [7, 11) is 0. The molecule has 1 aliphatic rings. The maximum absolute atomic E-state index is 12.4. The Kier molecular flexibility index (Phi) is 4.59. The normalized spacial score (nSPS) is 19.2. The number of carboxylic acids is 1. The third-order valence-electron chi connectivity index (χ3n) is 4.41. The SMILES string of the molecule is CCCC1(C(=O)O)CCN(C(=O)C(C)n2cncn2)CC1. The average Bonchev–Trinajstić information content (AvgIpc) is 3.01. The molecule has 1 saturated heterocycles. The molecule has 1 unspecified atom stereocenters. The zero-order valence-corrected chi connectivity index (χ0v) is 12.5.